The largest absolute Gasteiger partial charge is 0.507 e. The van der Waals surface area contributed by atoms with Crippen LogP contribution in [0.25, 0.3) is 0 Å². The van der Waals surface area contributed by atoms with Crippen LogP contribution in [0.2, 0.25) is 0 Å². The van der Waals surface area contributed by atoms with Crippen molar-refractivity contribution in [3.05, 3.63) is 51.6 Å². The molecule has 1 aliphatic heterocycles. The molecule has 0 radical (unpaired) electrons. The van der Waals surface area contributed by atoms with E-state index in [2.05, 4.69) is 5.32 Å². The number of phenolic OH excluding ortho intramolecular Hbond substituents is 2. The molecule has 3 aliphatic rings. The molecule has 1 fully saturated rings. The zero-order valence-corrected chi connectivity index (χ0v) is 21.4. The molecule has 5 N–H and O–H groups in total. The summed E-state index contributed by atoms with van der Waals surface area (Å²) in [6.07, 6.45) is -1.47. The third kappa shape index (κ3) is 3.82. The van der Waals surface area contributed by atoms with E-state index in [0.29, 0.717) is 6.42 Å². The first-order chi connectivity index (χ1) is 18.1. The number of aliphatic hydroxyl groups is 2. The van der Waals surface area contributed by atoms with Gasteiger partial charge in [0.1, 0.15) is 23.9 Å². The number of phenols is 2. The van der Waals surface area contributed by atoms with Crippen molar-refractivity contribution in [3.8, 4) is 17.2 Å². The van der Waals surface area contributed by atoms with Crippen LogP contribution in [0.3, 0.4) is 0 Å². The lowest BCUT2D eigenvalue weighted by Crippen LogP contribution is -2.54. The maximum Gasteiger partial charge on any atom is 0.202 e. The maximum absolute atomic E-state index is 13.7. The van der Waals surface area contributed by atoms with Gasteiger partial charge in [0, 0.05) is 34.6 Å². The molecule has 0 amide bonds. The van der Waals surface area contributed by atoms with E-state index in [1.54, 1.807) is 26.1 Å². The average molecular weight is 526 g/mol. The number of nitrogens with one attached hydrogen (secondary N) is 1. The number of rotatable bonds is 5. The molecule has 2 aliphatic carbocycles. The highest BCUT2D eigenvalue weighted by Crippen LogP contribution is 2.53. The zero-order valence-electron chi connectivity index (χ0n) is 21.4. The lowest BCUT2D eigenvalue weighted by molar-refractivity contribution is -0.136. The second-order valence-corrected chi connectivity index (χ2v) is 10.2. The van der Waals surface area contributed by atoms with Crippen molar-refractivity contribution in [2.24, 2.45) is 5.92 Å². The highest BCUT2D eigenvalue weighted by atomic mass is 16.5. The van der Waals surface area contributed by atoms with Gasteiger partial charge in [-0.05, 0) is 39.3 Å². The molecule has 10 nitrogen and oxygen atoms in total. The van der Waals surface area contributed by atoms with Crippen LogP contribution in [0.5, 0.6) is 17.2 Å². The van der Waals surface area contributed by atoms with E-state index in [9.17, 15) is 34.8 Å². The van der Waals surface area contributed by atoms with E-state index in [4.69, 9.17) is 9.47 Å². The van der Waals surface area contributed by atoms with Crippen molar-refractivity contribution in [1.29, 1.82) is 0 Å². The maximum atomic E-state index is 13.7. The summed E-state index contributed by atoms with van der Waals surface area (Å²) in [5, 5.41) is 46.3. The number of likely N-dealkylation sites (N-methyl/N-ethyl adjacent to an activating group) is 1. The Labute approximate surface area is 219 Å². The van der Waals surface area contributed by atoms with Crippen LogP contribution < -0.4 is 10.1 Å². The second-order valence-electron chi connectivity index (χ2n) is 10.2. The normalized spacial score (nSPS) is 28.3. The van der Waals surface area contributed by atoms with Crippen molar-refractivity contribution >= 4 is 17.3 Å². The molecule has 2 aromatic carbocycles. The number of carbonyl (C=O) groups excluding carboxylic acids is 3. The monoisotopic (exact) mass is 525 g/mol. The molecular weight excluding hydrogens is 494 g/mol. The third-order valence-electron chi connectivity index (χ3n) is 8.32. The number of ketones is 3. The van der Waals surface area contributed by atoms with Gasteiger partial charge in [-0.25, -0.2) is 0 Å². The van der Waals surface area contributed by atoms with Crippen LogP contribution >= 0.6 is 0 Å². The van der Waals surface area contributed by atoms with E-state index in [-0.39, 0.29) is 58.0 Å². The number of aliphatic hydroxyl groups excluding tert-OH is 2. The predicted octanol–water partition coefficient (Wildman–Crippen LogP) is 1.22. The van der Waals surface area contributed by atoms with Gasteiger partial charge in [-0.3, -0.25) is 14.4 Å². The SMILES string of the molecule is CNC1CC(C2CC(C(=O)CO)Cc3c(O)c4c(c(O)c32)C(=O)c2c(OC)cccc2C4=O)OC(C)C1O. The Kier molecular flexibility index (Phi) is 6.77. The molecule has 6 unspecified atom stereocenters. The van der Waals surface area contributed by atoms with Gasteiger partial charge in [0.2, 0.25) is 5.78 Å². The number of Topliss-reactive ketones (excluding diaryl/α,β-unsaturated/α-hetero) is 1. The Morgan fingerprint density at radius 1 is 1.11 bits per heavy atom. The van der Waals surface area contributed by atoms with Gasteiger partial charge in [0.25, 0.3) is 0 Å². The lowest BCUT2D eigenvalue weighted by atomic mass is 9.68. The van der Waals surface area contributed by atoms with Crippen molar-refractivity contribution in [2.45, 2.75) is 56.5 Å². The van der Waals surface area contributed by atoms with E-state index in [1.807, 2.05) is 0 Å². The molecule has 38 heavy (non-hydrogen) atoms. The Balaban J connectivity index is 1.72. The molecule has 0 bridgehead atoms. The first kappa shape index (κ1) is 26.3. The Hall–Kier alpha value is -3.31. The summed E-state index contributed by atoms with van der Waals surface area (Å²) in [7, 11) is 3.08. The molecular formula is C28H31NO9. The van der Waals surface area contributed by atoms with Gasteiger partial charge in [-0.15, -0.1) is 0 Å². The molecule has 0 spiro atoms. The number of hydrogen-bond donors (Lipinski definition) is 5. The highest BCUT2D eigenvalue weighted by molar-refractivity contribution is 6.31. The summed E-state index contributed by atoms with van der Waals surface area (Å²) in [6, 6.07) is 4.22. The van der Waals surface area contributed by atoms with Crippen LogP contribution in [-0.4, -0.2) is 82.9 Å². The van der Waals surface area contributed by atoms with Crippen molar-refractivity contribution in [3.63, 3.8) is 0 Å². The summed E-state index contributed by atoms with van der Waals surface area (Å²) in [5.74, 6) is -3.84. The standard InChI is InChI=1S/C28H31NO9/c1-11-24(32)16(29-2)9-19(38-11)14-7-12(17(31)10-30)8-15-20(14)27(35)23-22(26(15)34)25(33)13-5-4-6-18(37-3)21(13)28(23)36/h4-6,11-12,14,16,19,24,29-30,32,34-35H,7-10H2,1-3H3. The molecule has 202 valence electrons. The molecule has 0 aromatic heterocycles. The minimum atomic E-state index is -0.789. The summed E-state index contributed by atoms with van der Waals surface area (Å²) < 4.78 is 11.5. The molecule has 1 heterocycles. The van der Waals surface area contributed by atoms with Crippen molar-refractivity contribution in [2.75, 3.05) is 20.8 Å². The fourth-order valence-electron chi connectivity index (χ4n) is 6.37. The topological polar surface area (TPSA) is 163 Å². The summed E-state index contributed by atoms with van der Waals surface area (Å²) in [4.78, 5) is 39.9. The summed E-state index contributed by atoms with van der Waals surface area (Å²) in [6.45, 7) is 1.02. The summed E-state index contributed by atoms with van der Waals surface area (Å²) in [5.41, 5.74) is -0.157. The second kappa shape index (κ2) is 9.77. The van der Waals surface area contributed by atoms with Crippen LogP contribution in [0, 0.1) is 5.92 Å². The van der Waals surface area contributed by atoms with Gasteiger partial charge in [0.05, 0.1) is 42.1 Å². The molecule has 5 rings (SSSR count). The number of hydrogen-bond acceptors (Lipinski definition) is 10. The van der Waals surface area contributed by atoms with E-state index in [1.165, 1.54) is 13.2 Å². The van der Waals surface area contributed by atoms with Crippen LogP contribution in [-0.2, 0) is 16.0 Å². The molecule has 2 aromatic rings. The molecule has 0 saturated carbocycles. The quantitative estimate of drug-likeness (QED) is 0.306. The average Bonchev–Trinajstić information content (AvgIpc) is 2.93. The number of methoxy groups -OCH3 is 1. The van der Waals surface area contributed by atoms with Crippen LogP contribution in [0.15, 0.2) is 18.2 Å². The third-order valence-corrected chi connectivity index (χ3v) is 8.32. The Morgan fingerprint density at radius 2 is 1.82 bits per heavy atom. The minimum Gasteiger partial charge on any atom is -0.507 e. The Bertz CT molecular complexity index is 1340. The number of aromatic hydroxyl groups is 2. The van der Waals surface area contributed by atoms with Crippen LogP contribution in [0.1, 0.15) is 68.7 Å². The zero-order chi connectivity index (χ0) is 27.5. The van der Waals surface area contributed by atoms with Crippen molar-refractivity contribution < 1.29 is 44.3 Å². The van der Waals surface area contributed by atoms with E-state index >= 15 is 0 Å². The lowest BCUT2D eigenvalue weighted by Gasteiger charge is -2.44. The van der Waals surface area contributed by atoms with E-state index in [0.717, 1.165) is 0 Å². The first-order valence-corrected chi connectivity index (χ1v) is 12.7. The predicted molar refractivity (Wildman–Crippen MR) is 134 cm³/mol. The Morgan fingerprint density at radius 3 is 2.47 bits per heavy atom. The van der Waals surface area contributed by atoms with Gasteiger partial charge >= 0.3 is 0 Å². The van der Waals surface area contributed by atoms with Gasteiger partial charge in [-0.2, -0.15) is 0 Å². The van der Waals surface area contributed by atoms with Gasteiger partial charge in [-0.1, -0.05) is 12.1 Å². The molecule has 10 heteroatoms. The van der Waals surface area contributed by atoms with Gasteiger partial charge < -0.3 is 35.2 Å². The fourth-order valence-corrected chi connectivity index (χ4v) is 6.37. The van der Waals surface area contributed by atoms with E-state index < -0.39 is 65.6 Å². The molecule has 1 saturated heterocycles. The van der Waals surface area contributed by atoms with Gasteiger partial charge in [0.15, 0.2) is 11.6 Å². The number of carbonyl (C=O) groups is 3. The first-order valence-electron chi connectivity index (χ1n) is 12.7. The van der Waals surface area contributed by atoms with Crippen molar-refractivity contribution in [1.82, 2.24) is 5.32 Å². The minimum absolute atomic E-state index is 0.00347. The summed E-state index contributed by atoms with van der Waals surface area (Å²) >= 11 is 0. The fraction of sp³-hybridized carbons (Fsp3) is 0.464. The smallest absolute Gasteiger partial charge is 0.202 e. The van der Waals surface area contributed by atoms with Crippen LogP contribution in [0.4, 0.5) is 0 Å². The molecule has 6 atom stereocenters. The highest BCUT2D eigenvalue weighted by Gasteiger charge is 2.47. The number of ether oxygens (including phenoxy) is 2. The number of fused-ring (bicyclic) bond motifs is 3. The number of benzene rings is 2.